The summed E-state index contributed by atoms with van der Waals surface area (Å²) in [6.45, 7) is 0.606. The third-order valence-corrected chi connectivity index (χ3v) is 2.13. The highest BCUT2D eigenvalue weighted by atomic mass is 16.5. The Bertz CT molecular complexity index is 485. The van der Waals surface area contributed by atoms with E-state index < -0.39 is 0 Å². The van der Waals surface area contributed by atoms with E-state index in [4.69, 9.17) is 10.5 Å². The Balaban J connectivity index is 1.97. The molecular formula is C11H13N5O. The fourth-order valence-corrected chi connectivity index (χ4v) is 1.30. The molecule has 0 amide bonds. The van der Waals surface area contributed by atoms with Crippen LogP contribution in [-0.2, 0) is 6.54 Å². The Hall–Kier alpha value is -2.37. The fraction of sp³-hybridized carbons (Fsp3) is 0.182. The van der Waals surface area contributed by atoms with E-state index >= 15 is 0 Å². The Morgan fingerprint density at radius 2 is 2.18 bits per heavy atom. The van der Waals surface area contributed by atoms with Crippen LogP contribution >= 0.6 is 0 Å². The Kier molecular flexibility index (Phi) is 3.34. The fourth-order valence-electron chi connectivity index (χ4n) is 1.30. The number of ether oxygens (including phenoxy) is 1. The maximum Gasteiger partial charge on any atom is 0.212 e. The number of pyridine rings is 1. The Morgan fingerprint density at radius 3 is 2.82 bits per heavy atom. The molecule has 0 atom stereocenters. The quantitative estimate of drug-likeness (QED) is 0.818. The van der Waals surface area contributed by atoms with Gasteiger partial charge in [-0.3, -0.25) is 4.98 Å². The summed E-state index contributed by atoms with van der Waals surface area (Å²) in [7, 11) is 1.59. The molecule has 2 rings (SSSR count). The summed E-state index contributed by atoms with van der Waals surface area (Å²) in [5.41, 5.74) is 6.55. The van der Waals surface area contributed by atoms with Crippen LogP contribution in [0.1, 0.15) is 5.56 Å². The molecule has 6 heteroatoms. The van der Waals surface area contributed by atoms with Gasteiger partial charge in [0.05, 0.1) is 19.5 Å². The number of rotatable bonds is 4. The SMILES string of the molecule is COc1ccc(CNc2cncc(N)n2)cn1. The number of nitrogens with two attached hydrogens (primary N) is 1. The van der Waals surface area contributed by atoms with Crippen molar-refractivity contribution in [3.05, 3.63) is 36.3 Å². The van der Waals surface area contributed by atoms with Gasteiger partial charge in [0.1, 0.15) is 11.6 Å². The smallest absolute Gasteiger partial charge is 0.212 e. The van der Waals surface area contributed by atoms with Gasteiger partial charge in [-0.1, -0.05) is 6.07 Å². The second-order valence-corrected chi connectivity index (χ2v) is 3.39. The molecule has 0 aromatic carbocycles. The minimum absolute atomic E-state index is 0.392. The zero-order valence-electron chi connectivity index (χ0n) is 9.42. The molecule has 0 radical (unpaired) electrons. The second-order valence-electron chi connectivity index (χ2n) is 3.39. The lowest BCUT2D eigenvalue weighted by Gasteiger charge is -2.05. The first-order valence-corrected chi connectivity index (χ1v) is 5.08. The van der Waals surface area contributed by atoms with Crippen LogP contribution in [-0.4, -0.2) is 22.1 Å². The van der Waals surface area contributed by atoms with E-state index in [-0.39, 0.29) is 0 Å². The molecule has 0 fully saturated rings. The van der Waals surface area contributed by atoms with Crippen molar-refractivity contribution in [3.63, 3.8) is 0 Å². The van der Waals surface area contributed by atoms with Gasteiger partial charge in [0.15, 0.2) is 0 Å². The van der Waals surface area contributed by atoms with Crippen LogP contribution in [0.25, 0.3) is 0 Å². The van der Waals surface area contributed by atoms with Crippen molar-refractivity contribution in [1.82, 2.24) is 15.0 Å². The molecule has 0 saturated carbocycles. The maximum absolute atomic E-state index is 5.52. The van der Waals surface area contributed by atoms with Crippen LogP contribution in [0.3, 0.4) is 0 Å². The molecule has 0 unspecified atom stereocenters. The number of anilines is 2. The van der Waals surface area contributed by atoms with Gasteiger partial charge in [-0.2, -0.15) is 0 Å². The number of nitrogens with zero attached hydrogens (tertiary/aromatic N) is 3. The highest BCUT2D eigenvalue weighted by Crippen LogP contribution is 2.09. The monoisotopic (exact) mass is 231 g/mol. The normalized spacial score (nSPS) is 9.94. The van der Waals surface area contributed by atoms with Gasteiger partial charge < -0.3 is 15.8 Å². The summed E-state index contributed by atoms with van der Waals surface area (Å²) in [4.78, 5) is 12.1. The lowest BCUT2D eigenvalue weighted by atomic mass is 10.3. The summed E-state index contributed by atoms with van der Waals surface area (Å²) in [5.74, 6) is 1.63. The molecule has 0 saturated heterocycles. The molecule has 0 aliphatic carbocycles. The zero-order chi connectivity index (χ0) is 12.1. The first kappa shape index (κ1) is 11.1. The molecule has 2 aromatic heterocycles. The standard InChI is InChI=1S/C11H13N5O/c1-17-11-3-2-8(5-15-11)4-14-10-7-13-6-9(12)16-10/h2-3,5-7H,4H2,1H3,(H3,12,14,16). The van der Waals surface area contributed by atoms with Crippen molar-refractivity contribution in [3.8, 4) is 5.88 Å². The molecule has 17 heavy (non-hydrogen) atoms. The minimum Gasteiger partial charge on any atom is -0.481 e. The van der Waals surface area contributed by atoms with Crippen LogP contribution in [0, 0.1) is 0 Å². The summed E-state index contributed by atoms with van der Waals surface area (Å²) in [6, 6.07) is 3.74. The van der Waals surface area contributed by atoms with Crippen molar-refractivity contribution < 1.29 is 4.74 Å². The van der Waals surface area contributed by atoms with Crippen molar-refractivity contribution in [2.75, 3.05) is 18.2 Å². The predicted molar refractivity (Wildman–Crippen MR) is 64.6 cm³/mol. The summed E-state index contributed by atoms with van der Waals surface area (Å²) in [5, 5.41) is 3.10. The summed E-state index contributed by atoms with van der Waals surface area (Å²) in [6.07, 6.45) is 4.86. The van der Waals surface area contributed by atoms with Gasteiger partial charge >= 0.3 is 0 Å². The summed E-state index contributed by atoms with van der Waals surface area (Å²) >= 11 is 0. The minimum atomic E-state index is 0.392. The van der Waals surface area contributed by atoms with E-state index in [2.05, 4.69) is 20.3 Å². The van der Waals surface area contributed by atoms with Crippen LogP contribution in [0.5, 0.6) is 5.88 Å². The van der Waals surface area contributed by atoms with Crippen LogP contribution in [0.15, 0.2) is 30.7 Å². The van der Waals surface area contributed by atoms with Crippen LogP contribution in [0.4, 0.5) is 11.6 Å². The third-order valence-electron chi connectivity index (χ3n) is 2.13. The first-order valence-electron chi connectivity index (χ1n) is 5.08. The molecule has 0 aliphatic rings. The van der Waals surface area contributed by atoms with Crippen LogP contribution < -0.4 is 15.8 Å². The zero-order valence-corrected chi connectivity index (χ0v) is 9.42. The average molecular weight is 231 g/mol. The summed E-state index contributed by atoms with van der Waals surface area (Å²) < 4.78 is 4.98. The second kappa shape index (κ2) is 5.11. The lowest BCUT2D eigenvalue weighted by Crippen LogP contribution is -2.03. The van der Waals surface area contributed by atoms with E-state index in [9.17, 15) is 0 Å². The van der Waals surface area contributed by atoms with Crippen molar-refractivity contribution >= 4 is 11.6 Å². The molecule has 6 nitrogen and oxygen atoms in total. The van der Waals surface area contributed by atoms with E-state index in [1.54, 1.807) is 19.5 Å². The molecule has 0 bridgehead atoms. The van der Waals surface area contributed by atoms with Gasteiger partial charge in [-0.15, -0.1) is 0 Å². The molecule has 0 aliphatic heterocycles. The van der Waals surface area contributed by atoms with Crippen LogP contribution in [0.2, 0.25) is 0 Å². The molecule has 2 heterocycles. The number of nitrogen functional groups attached to an aromatic ring is 1. The highest BCUT2D eigenvalue weighted by molar-refractivity contribution is 5.39. The molecule has 2 aromatic rings. The van der Waals surface area contributed by atoms with E-state index in [1.807, 2.05) is 12.1 Å². The van der Waals surface area contributed by atoms with E-state index in [0.717, 1.165) is 5.56 Å². The van der Waals surface area contributed by atoms with Gasteiger partial charge in [0.2, 0.25) is 5.88 Å². The Labute approximate surface area is 98.9 Å². The van der Waals surface area contributed by atoms with Gasteiger partial charge in [0, 0.05) is 18.8 Å². The van der Waals surface area contributed by atoms with E-state index in [0.29, 0.717) is 24.1 Å². The van der Waals surface area contributed by atoms with Gasteiger partial charge in [-0.25, -0.2) is 9.97 Å². The van der Waals surface area contributed by atoms with Gasteiger partial charge in [-0.05, 0) is 5.56 Å². The molecule has 88 valence electrons. The largest absolute Gasteiger partial charge is 0.481 e. The topological polar surface area (TPSA) is 86.0 Å². The van der Waals surface area contributed by atoms with E-state index in [1.165, 1.54) is 6.20 Å². The number of hydrogen-bond donors (Lipinski definition) is 2. The number of methoxy groups -OCH3 is 1. The third kappa shape index (κ3) is 3.04. The average Bonchev–Trinajstić information content (AvgIpc) is 2.37. The highest BCUT2D eigenvalue weighted by Gasteiger charge is 1.98. The number of aromatic nitrogens is 3. The van der Waals surface area contributed by atoms with Crippen molar-refractivity contribution in [2.45, 2.75) is 6.54 Å². The maximum atomic E-state index is 5.52. The number of hydrogen-bond acceptors (Lipinski definition) is 6. The Morgan fingerprint density at radius 1 is 1.29 bits per heavy atom. The molecular weight excluding hydrogens is 218 g/mol. The first-order chi connectivity index (χ1) is 8.28. The molecule has 0 spiro atoms. The predicted octanol–water partition coefficient (Wildman–Crippen LogP) is 1.07. The van der Waals surface area contributed by atoms with Crippen molar-refractivity contribution in [1.29, 1.82) is 0 Å². The lowest BCUT2D eigenvalue weighted by molar-refractivity contribution is 0.397. The van der Waals surface area contributed by atoms with Gasteiger partial charge in [0.25, 0.3) is 0 Å². The number of nitrogens with one attached hydrogen (secondary N) is 1. The molecule has 3 N–H and O–H groups in total. The van der Waals surface area contributed by atoms with Crippen molar-refractivity contribution in [2.24, 2.45) is 0 Å².